The molecule has 0 atom stereocenters. The molecule has 0 aliphatic rings. The molecule has 0 aliphatic carbocycles. The highest BCUT2D eigenvalue weighted by Crippen LogP contribution is 2.12. The van der Waals surface area contributed by atoms with Crippen LogP contribution < -0.4 is 10.9 Å². The highest BCUT2D eigenvalue weighted by Gasteiger charge is 1.91. The van der Waals surface area contributed by atoms with Crippen LogP contribution in [0, 0.1) is 0 Å². The number of hydrogen-bond donors (Lipinski definition) is 2. The molecule has 0 unspecified atom stereocenters. The zero-order valence-corrected chi connectivity index (χ0v) is 7.10. The molecule has 3 heteroatoms. The average Bonchev–Trinajstić information content (AvgIpc) is 2.07. The van der Waals surface area contributed by atoms with Gasteiger partial charge in [-0.25, -0.2) is 0 Å². The quantitative estimate of drug-likeness (QED) is 0.666. The molecule has 0 fully saturated rings. The van der Waals surface area contributed by atoms with Crippen molar-refractivity contribution in [3.63, 3.8) is 0 Å². The number of hydrogen-bond acceptors (Lipinski definition) is 3. The van der Waals surface area contributed by atoms with Crippen LogP contribution in [-0.4, -0.2) is 6.54 Å². The number of benzene rings is 1. The summed E-state index contributed by atoms with van der Waals surface area (Å²) in [5, 5.41) is 5.37. The smallest absolute Gasteiger partial charge is 0.0226 e. The normalized spacial score (nSPS) is 10.0. The maximum atomic E-state index is 5.40. The van der Waals surface area contributed by atoms with Crippen LogP contribution in [0.1, 0.15) is 5.56 Å². The van der Waals surface area contributed by atoms with Crippen molar-refractivity contribution >= 4 is 11.9 Å². The zero-order valence-electron chi connectivity index (χ0n) is 6.29. The van der Waals surface area contributed by atoms with Crippen molar-refractivity contribution in [1.29, 1.82) is 0 Å². The number of rotatable bonds is 3. The molecule has 1 aromatic rings. The van der Waals surface area contributed by atoms with Gasteiger partial charge in [0.2, 0.25) is 0 Å². The van der Waals surface area contributed by atoms with Gasteiger partial charge in [-0.2, -0.15) is 0 Å². The molecule has 60 valence electrons. The van der Waals surface area contributed by atoms with Crippen molar-refractivity contribution in [3.8, 4) is 0 Å². The van der Waals surface area contributed by atoms with Gasteiger partial charge < -0.3 is 5.73 Å². The molecular formula is C8H12N2S. The van der Waals surface area contributed by atoms with E-state index in [4.69, 9.17) is 10.9 Å². The zero-order chi connectivity index (χ0) is 8.10. The maximum absolute atomic E-state index is 5.40. The van der Waals surface area contributed by atoms with Crippen molar-refractivity contribution in [2.24, 2.45) is 10.9 Å². The molecule has 0 aromatic heterocycles. The predicted molar refractivity (Wildman–Crippen MR) is 49.2 cm³/mol. The Hall–Kier alpha value is -0.510. The molecule has 0 amide bonds. The summed E-state index contributed by atoms with van der Waals surface area (Å²) in [6.07, 6.45) is 0.940. The monoisotopic (exact) mass is 168 g/mol. The summed E-state index contributed by atoms with van der Waals surface area (Å²) in [6.45, 7) is 0.703. The minimum atomic E-state index is 0.703. The van der Waals surface area contributed by atoms with E-state index >= 15 is 0 Å². The summed E-state index contributed by atoms with van der Waals surface area (Å²) >= 11 is 1.26. The molecule has 4 N–H and O–H groups in total. The Morgan fingerprint density at radius 3 is 2.27 bits per heavy atom. The fourth-order valence-electron chi connectivity index (χ4n) is 0.901. The van der Waals surface area contributed by atoms with Gasteiger partial charge in [0.05, 0.1) is 0 Å². The van der Waals surface area contributed by atoms with Crippen molar-refractivity contribution in [2.45, 2.75) is 11.3 Å². The largest absolute Gasteiger partial charge is 0.330 e. The first kappa shape index (κ1) is 8.59. The Bertz CT molecular complexity index is 208. The third-order valence-corrected chi connectivity index (χ3v) is 2.04. The van der Waals surface area contributed by atoms with Crippen LogP contribution >= 0.6 is 11.9 Å². The Balaban J connectivity index is 2.66. The highest BCUT2D eigenvalue weighted by atomic mass is 32.2. The van der Waals surface area contributed by atoms with Crippen LogP contribution in [0.4, 0.5) is 0 Å². The van der Waals surface area contributed by atoms with E-state index < -0.39 is 0 Å². The molecule has 0 radical (unpaired) electrons. The Kier molecular flexibility index (Phi) is 3.42. The Morgan fingerprint density at radius 1 is 1.18 bits per heavy atom. The summed E-state index contributed by atoms with van der Waals surface area (Å²) in [5.74, 6) is 0. The SMILES string of the molecule is NCCc1ccc(SN)cc1. The van der Waals surface area contributed by atoms with E-state index in [1.54, 1.807) is 0 Å². The fourth-order valence-corrected chi connectivity index (χ4v) is 1.19. The van der Waals surface area contributed by atoms with Crippen LogP contribution in [0.2, 0.25) is 0 Å². The van der Waals surface area contributed by atoms with Gasteiger partial charge in [-0.3, -0.25) is 5.14 Å². The minimum Gasteiger partial charge on any atom is -0.330 e. The minimum absolute atomic E-state index is 0.703. The highest BCUT2D eigenvalue weighted by molar-refractivity contribution is 7.97. The summed E-state index contributed by atoms with van der Waals surface area (Å²) < 4.78 is 0. The fraction of sp³-hybridized carbons (Fsp3) is 0.250. The standard InChI is InChI=1S/C8H12N2S/c9-6-5-7-1-3-8(11-10)4-2-7/h1-4H,5-6,9-10H2. The van der Waals surface area contributed by atoms with E-state index in [1.807, 2.05) is 12.1 Å². The van der Waals surface area contributed by atoms with Crippen LogP contribution in [0.15, 0.2) is 29.2 Å². The van der Waals surface area contributed by atoms with E-state index in [2.05, 4.69) is 12.1 Å². The molecule has 0 spiro atoms. The average molecular weight is 168 g/mol. The molecular weight excluding hydrogens is 156 g/mol. The predicted octanol–water partition coefficient (Wildman–Crippen LogP) is 1.15. The topological polar surface area (TPSA) is 52.0 Å². The van der Waals surface area contributed by atoms with Gasteiger partial charge >= 0.3 is 0 Å². The lowest BCUT2D eigenvalue weighted by Gasteiger charge is -1.98. The van der Waals surface area contributed by atoms with Crippen molar-refractivity contribution in [2.75, 3.05) is 6.54 Å². The second kappa shape index (κ2) is 4.38. The molecule has 0 saturated heterocycles. The second-order valence-electron chi connectivity index (χ2n) is 2.30. The second-order valence-corrected chi connectivity index (χ2v) is 3.01. The Morgan fingerprint density at radius 2 is 1.82 bits per heavy atom. The van der Waals surface area contributed by atoms with E-state index in [1.165, 1.54) is 17.5 Å². The van der Waals surface area contributed by atoms with Gasteiger partial charge in [0.1, 0.15) is 0 Å². The van der Waals surface area contributed by atoms with Gasteiger partial charge in [-0.15, -0.1) is 0 Å². The van der Waals surface area contributed by atoms with Crippen molar-refractivity contribution in [1.82, 2.24) is 0 Å². The summed E-state index contributed by atoms with van der Waals surface area (Å²) in [5.41, 5.74) is 6.67. The molecule has 0 aliphatic heterocycles. The van der Waals surface area contributed by atoms with Crippen LogP contribution in [0.3, 0.4) is 0 Å². The third kappa shape index (κ3) is 2.54. The van der Waals surface area contributed by atoms with Gasteiger partial charge in [-0.1, -0.05) is 12.1 Å². The van der Waals surface area contributed by atoms with E-state index in [-0.39, 0.29) is 0 Å². The molecule has 11 heavy (non-hydrogen) atoms. The van der Waals surface area contributed by atoms with Crippen molar-refractivity contribution in [3.05, 3.63) is 29.8 Å². The lowest BCUT2D eigenvalue weighted by molar-refractivity contribution is 0.966. The number of nitrogens with two attached hydrogens (primary N) is 2. The van der Waals surface area contributed by atoms with Gasteiger partial charge in [-0.05, 0) is 42.6 Å². The summed E-state index contributed by atoms with van der Waals surface area (Å²) in [4.78, 5) is 1.09. The first-order valence-electron chi connectivity index (χ1n) is 3.52. The summed E-state index contributed by atoms with van der Waals surface area (Å²) in [7, 11) is 0. The Labute approximate surface area is 71.1 Å². The molecule has 0 saturated carbocycles. The van der Waals surface area contributed by atoms with Crippen LogP contribution in [0.25, 0.3) is 0 Å². The van der Waals surface area contributed by atoms with Gasteiger partial charge in [0.15, 0.2) is 0 Å². The van der Waals surface area contributed by atoms with Crippen molar-refractivity contribution < 1.29 is 0 Å². The van der Waals surface area contributed by atoms with Crippen LogP contribution in [0.5, 0.6) is 0 Å². The molecule has 0 heterocycles. The first-order valence-corrected chi connectivity index (χ1v) is 4.40. The lowest BCUT2D eigenvalue weighted by Crippen LogP contribution is -2.02. The van der Waals surface area contributed by atoms with E-state index in [0.29, 0.717) is 6.54 Å². The van der Waals surface area contributed by atoms with E-state index in [9.17, 15) is 0 Å². The third-order valence-electron chi connectivity index (χ3n) is 1.49. The molecule has 2 nitrogen and oxygen atoms in total. The molecule has 0 bridgehead atoms. The maximum Gasteiger partial charge on any atom is 0.0226 e. The van der Waals surface area contributed by atoms with Gasteiger partial charge in [0, 0.05) is 4.90 Å². The first-order chi connectivity index (χ1) is 5.36. The van der Waals surface area contributed by atoms with Gasteiger partial charge in [0.25, 0.3) is 0 Å². The van der Waals surface area contributed by atoms with E-state index in [0.717, 1.165) is 11.3 Å². The summed E-state index contributed by atoms with van der Waals surface area (Å²) in [6, 6.07) is 8.13. The molecule has 1 rings (SSSR count). The lowest BCUT2D eigenvalue weighted by atomic mass is 10.2. The van der Waals surface area contributed by atoms with Crippen LogP contribution in [-0.2, 0) is 6.42 Å². The molecule has 1 aromatic carbocycles.